The molecule has 0 aliphatic carbocycles. The van der Waals surface area contributed by atoms with Crippen LogP contribution < -0.4 is 10.6 Å². The lowest BCUT2D eigenvalue weighted by Crippen LogP contribution is -2.29. The van der Waals surface area contributed by atoms with Crippen LogP contribution in [0.15, 0.2) is 12.3 Å². The van der Waals surface area contributed by atoms with Crippen molar-refractivity contribution in [3.05, 3.63) is 22.8 Å². The maximum Gasteiger partial charge on any atom is 0.229 e. The molecule has 0 saturated carbocycles. The van der Waals surface area contributed by atoms with Crippen LogP contribution in [0.1, 0.15) is 12.0 Å². The second-order valence-corrected chi connectivity index (χ2v) is 4.51. The van der Waals surface area contributed by atoms with E-state index in [9.17, 15) is 9.59 Å². The van der Waals surface area contributed by atoms with E-state index in [-0.39, 0.29) is 12.3 Å². The summed E-state index contributed by atoms with van der Waals surface area (Å²) in [5.74, 6) is -0.504. The molecule has 90 valence electrons. The number of halogens is 1. The summed E-state index contributed by atoms with van der Waals surface area (Å²) in [6.07, 6.45) is 1.65. The van der Waals surface area contributed by atoms with Gasteiger partial charge in [-0.25, -0.2) is 4.98 Å². The average molecular weight is 254 g/mol. The highest BCUT2D eigenvalue weighted by atomic mass is 35.5. The number of nitrogens with two attached hydrogens (primary N) is 1. The molecule has 1 aliphatic rings. The van der Waals surface area contributed by atoms with Crippen molar-refractivity contribution in [2.45, 2.75) is 13.3 Å². The summed E-state index contributed by atoms with van der Waals surface area (Å²) in [7, 11) is 0. The lowest BCUT2D eigenvalue weighted by Gasteiger charge is -2.15. The van der Waals surface area contributed by atoms with Gasteiger partial charge in [-0.2, -0.15) is 0 Å². The Bertz CT molecular complexity index is 490. The normalized spacial score (nSPS) is 19.8. The smallest absolute Gasteiger partial charge is 0.229 e. The van der Waals surface area contributed by atoms with E-state index in [1.54, 1.807) is 6.07 Å². The van der Waals surface area contributed by atoms with Crippen molar-refractivity contribution in [3.63, 3.8) is 0 Å². The molecule has 1 aliphatic heterocycles. The number of aryl methyl sites for hydroxylation is 1. The molecule has 2 amide bonds. The van der Waals surface area contributed by atoms with Crippen molar-refractivity contribution in [1.82, 2.24) is 4.98 Å². The molecule has 17 heavy (non-hydrogen) atoms. The molecular weight excluding hydrogens is 242 g/mol. The molecule has 0 aromatic carbocycles. The largest absolute Gasteiger partial charge is 0.369 e. The van der Waals surface area contributed by atoms with Gasteiger partial charge in [0, 0.05) is 19.2 Å². The number of aromatic nitrogens is 1. The van der Waals surface area contributed by atoms with Crippen molar-refractivity contribution in [2.75, 3.05) is 11.4 Å². The van der Waals surface area contributed by atoms with Crippen LogP contribution in [0, 0.1) is 12.8 Å². The minimum atomic E-state index is -0.452. The summed E-state index contributed by atoms with van der Waals surface area (Å²) in [5, 5.41) is 0.548. The first-order valence-corrected chi connectivity index (χ1v) is 5.58. The third-order valence-electron chi connectivity index (χ3n) is 2.84. The standard InChI is InChI=1S/C11H12ClN3O2/c1-6-2-9(14-4-8(6)12)15-5-7(11(13)17)3-10(15)16/h2,4,7H,3,5H2,1H3,(H2,13,17). The summed E-state index contributed by atoms with van der Waals surface area (Å²) in [5.41, 5.74) is 6.03. The van der Waals surface area contributed by atoms with Crippen LogP contribution in [0.2, 0.25) is 5.02 Å². The van der Waals surface area contributed by atoms with Gasteiger partial charge in [-0.15, -0.1) is 0 Å². The van der Waals surface area contributed by atoms with Crippen molar-refractivity contribution < 1.29 is 9.59 Å². The third-order valence-corrected chi connectivity index (χ3v) is 3.23. The predicted octanol–water partition coefficient (Wildman–Crippen LogP) is 0.882. The van der Waals surface area contributed by atoms with Gasteiger partial charge in [-0.05, 0) is 18.6 Å². The predicted molar refractivity (Wildman–Crippen MR) is 63.6 cm³/mol. The number of primary amides is 1. The second-order valence-electron chi connectivity index (χ2n) is 4.10. The molecule has 2 heterocycles. The number of pyridine rings is 1. The highest BCUT2D eigenvalue weighted by molar-refractivity contribution is 6.31. The summed E-state index contributed by atoms with van der Waals surface area (Å²) in [6, 6.07) is 1.73. The van der Waals surface area contributed by atoms with Crippen molar-refractivity contribution in [3.8, 4) is 0 Å². The van der Waals surface area contributed by atoms with Gasteiger partial charge in [0.1, 0.15) is 5.82 Å². The number of amides is 2. The number of hydrogen-bond donors (Lipinski definition) is 1. The fourth-order valence-corrected chi connectivity index (χ4v) is 1.90. The number of hydrogen-bond acceptors (Lipinski definition) is 3. The Labute approximate surface area is 104 Å². The maximum atomic E-state index is 11.7. The zero-order valence-corrected chi connectivity index (χ0v) is 10.1. The van der Waals surface area contributed by atoms with Gasteiger partial charge < -0.3 is 5.73 Å². The molecule has 2 rings (SSSR count). The SMILES string of the molecule is Cc1cc(N2CC(C(N)=O)CC2=O)ncc1Cl. The van der Waals surface area contributed by atoms with Crippen molar-refractivity contribution >= 4 is 29.2 Å². The first-order chi connectivity index (χ1) is 7.99. The summed E-state index contributed by atoms with van der Waals surface area (Å²) in [6.45, 7) is 2.13. The molecule has 1 aromatic rings. The van der Waals surface area contributed by atoms with Gasteiger partial charge >= 0.3 is 0 Å². The highest BCUT2D eigenvalue weighted by Gasteiger charge is 2.34. The third kappa shape index (κ3) is 2.24. The minimum Gasteiger partial charge on any atom is -0.369 e. The summed E-state index contributed by atoms with van der Waals surface area (Å²) in [4.78, 5) is 28.3. The first kappa shape index (κ1) is 11.9. The maximum absolute atomic E-state index is 11.7. The van der Waals surface area contributed by atoms with E-state index in [1.807, 2.05) is 6.92 Å². The quantitative estimate of drug-likeness (QED) is 0.850. The van der Waals surface area contributed by atoms with E-state index < -0.39 is 11.8 Å². The Balaban J connectivity index is 2.26. The van der Waals surface area contributed by atoms with Crippen LogP contribution in [0.4, 0.5) is 5.82 Å². The van der Waals surface area contributed by atoms with Crippen LogP contribution in [0.5, 0.6) is 0 Å². The molecule has 1 atom stereocenters. The van der Waals surface area contributed by atoms with Crippen LogP contribution >= 0.6 is 11.6 Å². The van der Waals surface area contributed by atoms with E-state index in [2.05, 4.69) is 4.98 Å². The Kier molecular flexibility index (Phi) is 3.02. The number of anilines is 1. The van der Waals surface area contributed by atoms with Crippen LogP contribution in [0.25, 0.3) is 0 Å². The van der Waals surface area contributed by atoms with E-state index in [1.165, 1.54) is 11.1 Å². The molecule has 1 fully saturated rings. The number of nitrogens with zero attached hydrogens (tertiary/aromatic N) is 2. The minimum absolute atomic E-state index is 0.136. The van der Waals surface area contributed by atoms with Gasteiger partial charge in [-0.1, -0.05) is 11.6 Å². The molecular formula is C11H12ClN3O2. The van der Waals surface area contributed by atoms with Crippen LogP contribution in [-0.2, 0) is 9.59 Å². The molecule has 0 bridgehead atoms. The van der Waals surface area contributed by atoms with Gasteiger partial charge in [-0.3, -0.25) is 14.5 Å². The number of carbonyl (C=O) groups excluding carboxylic acids is 2. The van der Waals surface area contributed by atoms with Crippen LogP contribution in [0.3, 0.4) is 0 Å². The number of rotatable bonds is 2. The summed E-state index contributed by atoms with van der Waals surface area (Å²) < 4.78 is 0. The van der Waals surface area contributed by atoms with Gasteiger partial charge in [0.15, 0.2) is 0 Å². The first-order valence-electron chi connectivity index (χ1n) is 5.21. The zero-order chi connectivity index (χ0) is 12.6. The monoisotopic (exact) mass is 253 g/mol. The Morgan fingerprint density at radius 2 is 2.35 bits per heavy atom. The van der Waals surface area contributed by atoms with E-state index in [0.29, 0.717) is 17.4 Å². The lowest BCUT2D eigenvalue weighted by atomic mass is 10.1. The lowest BCUT2D eigenvalue weighted by molar-refractivity contribution is -0.123. The Morgan fingerprint density at radius 3 is 2.88 bits per heavy atom. The molecule has 2 N–H and O–H groups in total. The van der Waals surface area contributed by atoms with Gasteiger partial charge in [0.05, 0.1) is 10.9 Å². The molecule has 6 heteroatoms. The second kappa shape index (κ2) is 4.33. The molecule has 1 unspecified atom stereocenters. The fourth-order valence-electron chi connectivity index (χ4n) is 1.79. The fraction of sp³-hybridized carbons (Fsp3) is 0.364. The van der Waals surface area contributed by atoms with Crippen molar-refractivity contribution in [2.24, 2.45) is 11.7 Å². The Hall–Kier alpha value is -1.62. The van der Waals surface area contributed by atoms with Crippen molar-refractivity contribution in [1.29, 1.82) is 0 Å². The van der Waals surface area contributed by atoms with E-state index in [0.717, 1.165) is 5.56 Å². The van der Waals surface area contributed by atoms with E-state index in [4.69, 9.17) is 17.3 Å². The molecule has 1 aromatic heterocycles. The number of carbonyl (C=O) groups is 2. The molecule has 5 nitrogen and oxygen atoms in total. The molecule has 1 saturated heterocycles. The van der Waals surface area contributed by atoms with E-state index >= 15 is 0 Å². The summed E-state index contributed by atoms with van der Waals surface area (Å²) >= 11 is 5.86. The average Bonchev–Trinajstić information content (AvgIpc) is 2.65. The van der Waals surface area contributed by atoms with Gasteiger partial charge in [0.2, 0.25) is 11.8 Å². The topological polar surface area (TPSA) is 76.3 Å². The van der Waals surface area contributed by atoms with Crippen LogP contribution in [-0.4, -0.2) is 23.3 Å². The Morgan fingerprint density at radius 1 is 1.65 bits per heavy atom. The zero-order valence-electron chi connectivity index (χ0n) is 9.31. The highest BCUT2D eigenvalue weighted by Crippen LogP contribution is 2.25. The van der Waals surface area contributed by atoms with Gasteiger partial charge in [0.25, 0.3) is 0 Å². The molecule has 0 spiro atoms. The molecule has 0 radical (unpaired) electrons.